The number of nitrogens with one attached hydrogen (secondary N) is 1. The molecule has 0 aliphatic heterocycles. The standard InChI is InChI=1S/C11H14N6O2/c1-2-6-18-10-14-9(17-12)15-11(16-10)19-8-4-3-5-13-7-8/h3-5,7H,2,6,12H2,1H3,(H,14,15,16,17). The SMILES string of the molecule is CCCOc1nc(NN)nc(Oc2cccnc2)n1. The second-order valence-electron chi connectivity index (χ2n) is 3.51. The van der Waals surface area contributed by atoms with Gasteiger partial charge >= 0.3 is 12.0 Å². The number of nitrogens with two attached hydrogens (primary N) is 1. The maximum Gasteiger partial charge on any atom is 0.330 e. The van der Waals surface area contributed by atoms with Gasteiger partial charge in [-0.2, -0.15) is 9.97 Å². The third kappa shape index (κ3) is 3.75. The number of hydrogen-bond donors (Lipinski definition) is 2. The van der Waals surface area contributed by atoms with Gasteiger partial charge in [0.1, 0.15) is 5.75 Å². The highest BCUT2D eigenvalue weighted by atomic mass is 16.5. The van der Waals surface area contributed by atoms with Crippen molar-refractivity contribution in [1.82, 2.24) is 19.9 Å². The Balaban J connectivity index is 2.19. The second kappa shape index (κ2) is 6.45. The van der Waals surface area contributed by atoms with E-state index in [1.165, 1.54) is 0 Å². The van der Waals surface area contributed by atoms with Crippen LogP contribution in [-0.2, 0) is 0 Å². The average molecular weight is 262 g/mol. The van der Waals surface area contributed by atoms with E-state index in [9.17, 15) is 0 Å². The Hall–Kier alpha value is -2.48. The topological polar surface area (TPSA) is 108 Å². The monoisotopic (exact) mass is 262 g/mol. The normalized spacial score (nSPS) is 10.0. The molecule has 0 saturated carbocycles. The van der Waals surface area contributed by atoms with E-state index in [2.05, 4.69) is 25.4 Å². The van der Waals surface area contributed by atoms with Gasteiger partial charge in [-0.3, -0.25) is 10.4 Å². The van der Waals surface area contributed by atoms with Gasteiger partial charge in [0, 0.05) is 6.20 Å². The summed E-state index contributed by atoms with van der Waals surface area (Å²) in [5, 5.41) is 0. The number of aromatic nitrogens is 4. The van der Waals surface area contributed by atoms with E-state index in [0.717, 1.165) is 6.42 Å². The van der Waals surface area contributed by atoms with Crippen molar-refractivity contribution >= 4 is 5.95 Å². The molecule has 0 fully saturated rings. The molecule has 0 amide bonds. The lowest BCUT2D eigenvalue weighted by Crippen LogP contribution is -2.13. The predicted octanol–water partition coefficient (Wildman–Crippen LogP) is 1.13. The van der Waals surface area contributed by atoms with Crippen LogP contribution < -0.4 is 20.7 Å². The summed E-state index contributed by atoms with van der Waals surface area (Å²) in [6.45, 7) is 2.48. The minimum absolute atomic E-state index is 0.0852. The van der Waals surface area contributed by atoms with E-state index in [0.29, 0.717) is 12.4 Å². The lowest BCUT2D eigenvalue weighted by molar-refractivity contribution is 0.285. The van der Waals surface area contributed by atoms with Crippen LogP contribution in [0, 0.1) is 0 Å². The molecule has 8 heteroatoms. The maximum atomic E-state index is 5.44. The second-order valence-corrected chi connectivity index (χ2v) is 3.51. The van der Waals surface area contributed by atoms with Gasteiger partial charge in [-0.25, -0.2) is 5.84 Å². The molecule has 0 aliphatic carbocycles. The zero-order valence-electron chi connectivity index (χ0n) is 10.4. The fraction of sp³-hybridized carbons (Fsp3) is 0.273. The molecule has 2 aromatic heterocycles. The van der Waals surface area contributed by atoms with E-state index < -0.39 is 0 Å². The Morgan fingerprint density at radius 3 is 2.79 bits per heavy atom. The first-order valence-corrected chi connectivity index (χ1v) is 5.75. The van der Waals surface area contributed by atoms with Crippen molar-refractivity contribution < 1.29 is 9.47 Å². The van der Waals surface area contributed by atoms with Crippen molar-refractivity contribution in [3.05, 3.63) is 24.5 Å². The van der Waals surface area contributed by atoms with Crippen LogP contribution in [0.5, 0.6) is 17.8 Å². The largest absolute Gasteiger partial charge is 0.463 e. The highest BCUT2D eigenvalue weighted by Gasteiger charge is 2.08. The maximum absolute atomic E-state index is 5.44. The van der Waals surface area contributed by atoms with Crippen molar-refractivity contribution in [1.29, 1.82) is 0 Å². The highest BCUT2D eigenvalue weighted by molar-refractivity contribution is 5.28. The molecule has 2 aromatic rings. The lowest BCUT2D eigenvalue weighted by atomic mass is 10.5. The van der Waals surface area contributed by atoms with Crippen LogP contribution in [0.4, 0.5) is 5.95 Å². The molecule has 19 heavy (non-hydrogen) atoms. The van der Waals surface area contributed by atoms with Crippen LogP contribution in [0.15, 0.2) is 24.5 Å². The number of nitrogens with zero attached hydrogens (tertiary/aromatic N) is 4. The molecule has 0 aromatic carbocycles. The molecule has 0 saturated heterocycles. The molecule has 0 spiro atoms. The summed E-state index contributed by atoms with van der Waals surface area (Å²) in [6, 6.07) is 3.72. The molecule has 2 rings (SSSR count). The third-order valence-corrected chi connectivity index (χ3v) is 2.00. The van der Waals surface area contributed by atoms with Gasteiger partial charge in [0.2, 0.25) is 5.95 Å². The van der Waals surface area contributed by atoms with Gasteiger partial charge in [-0.15, -0.1) is 4.98 Å². The minimum Gasteiger partial charge on any atom is -0.463 e. The van der Waals surface area contributed by atoms with E-state index in [1.54, 1.807) is 24.5 Å². The number of nitrogen functional groups attached to an aromatic ring is 1. The first-order valence-electron chi connectivity index (χ1n) is 5.75. The number of ether oxygens (including phenoxy) is 2. The number of pyridine rings is 1. The molecular weight excluding hydrogens is 248 g/mol. The molecule has 0 radical (unpaired) electrons. The van der Waals surface area contributed by atoms with Crippen LogP contribution in [0.3, 0.4) is 0 Å². The van der Waals surface area contributed by atoms with Gasteiger partial charge in [0.05, 0.1) is 12.8 Å². The summed E-state index contributed by atoms with van der Waals surface area (Å²) in [5.74, 6) is 5.96. The van der Waals surface area contributed by atoms with Gasteiger partial charge in [0.15, 0.2) is 0 Å². The lowest BCUT2D eigenvalue weighted by Gasteiger charge is -2.07. The first-order chi connectivity index (χ1) is 9.31. The Kier molecular flexibility index (Phi) is 4.40. The Labute approximate surface area is 110 Å². The number of hydrazine groups is 1. The first kappa shape index (κ1) is 13.0. The molecule has 3 N–H and O–H groups in total. The number of rotatable bonds is 6. The summed E-state index contributed by atoms with van der Waals surface area (Å²) in [5.41, 5.74) is 2.33. The van der Waals surface area contributed by atoms with Crippen molar-refractivity contribution in [2.24, 2.45) is 5.84 Å². The van der Waals surface area contributed by atoms with E-state index in [-0.39, 0.29) is 18.0 Å². The van der Waals surface area contributed by atoms with E-state index in [4.69, 9.17) is 15.3 Å². The van der Waals surface area contributed by atoms with Crippen LogP contribution in [-0.4, -0.2) is 26.5 Å². The van der Waals surface area contributed by atoms with Crippen molar-refractivity contribution in [2.75, 3.05) is 12.0 Å². The van der Waals surface area contributed by atoms with Gasteiger partial charge in [-0.1, -0.05) is 6.92 Å². The molecule has 0 atom stereocenters. The summed E-state index contributed by atoms with van der Waals surface area (Å²) in [6.07, 6.45) is 4.03. The fourth-order valence-corrected chi connectivity index (χ4v) is 1.22. The predicted molar refractivity (Wildman–Crippen MR) is 67.7 cm³/mol. The van der Waals surface area contributed by atoms with Crippen molar-refractivity contribution in [2.45, 2.75) is 13.3 Å². The smallest absolute Gasteiger partial charge is 0.330 e. The quantitative estimate of drug-likeness (QED) is 0.589. The van der Waals surface area contributed by atoms with Crippen molar-refractivity contribution in [3.63, 3.8) is 0 Å². The summed E-state index contributed by atoms with van der Waals surface area (Å²) < 4.78 is 10.8. The Morgan fingerprint density at radius 1 is 1.26 bits per heavy atom. The molecule has 0 unspecified atom stereocenters. The van der Waals surface area contributed by atoms with E-state index in [1.807, 2.05) is 6.92 Å². The number of hydrogen-bond acceptors (Lipinski definition) is 8. The highest BCUT2D eigenvalue weighted by Crippen LogP contribution is 2.19. The zero-order valence-corrected chi connectivity index (χ0v) is 10.4. The van der Waals surface area contributed by atoms with Crippen molar-refractivity contribution in [3.8, 4) is 17.8 Å². The molecule has 8 nitrogen and oxygen atoms in total. The molecule has 2 heterocycles. The average Bonchev–Trinajstić information content (AvgIpc) is 2.46. The van der Waals surface area contributed by atoms with Crippen LogP contribution >= 0.6 is 0 Å². The van der Waals surface area contributed by atoms with Gasteiger partial charge in [0.25, 0.3) is 0 Å². The van der Waals surface area contributed by atoms with Crippen LogP contribution in [0.2, 0.25) is 0 Å². The van der Waals surface area contributed by atoms with Crippen LogP contribution in [0.1, 0.15) is 13.3 Å². The van der Waals surface area contributed by atoms with Gasteiger partial charge < -0.3 is 9.47 Å². The zero-order chi connectivity index (χ0) is 13.5. The number of anilines is 1. The van der Waals surface area contributed by atoms with Crippen LogP contribution in [0.25, 0.3) is 0 Å². The van der Waals surface area contributed by atoms with E-state index >= 15 is 0 Å². The minimum atomic E-state index is 0.0852. The van der Waals surface area contributed by atoms with Gasteiger partial charge in [-0.05, 0) is 18.6 Å². The summed E-state index contributed by atoms with van der Waals surface area (Å²) in [7, 11) is 0. The Bertz CT molecular complexity index is 522. The summed E-state index contributed by atoms with van der Waals surface area (Å²) >= 11 is 0. The third-order valence-electron chi connectivity index (χ3n) is 2.00. The molecule has 0 aliphatic rings. The molecular formula is C11H14N6O2. The summed E-state index contributed by atoms with van der Waals surface area (Å²) in [4.78, 5) is 15.9. The molecule has 0 bridgehead atoms. The molecule has 100 valence electrons. The fourth-order valence-electron chi connectivity index (χ4n) is 1.22. The Morgan fingerprint density at radius 2 is 2.11 bits per heavy atom.